The van der Waals surface area contributed by atoms with E-state index in [9.17, 15) is 21.8 Å². The van der Waals surface area contributed by atoms with E-state index in [1.807, 2.05) is 27.7 Å². The molecule has 3 heterocycles. The molecule has 0 aliphatic rings. The Labute approximate surface area is 257 Å². The van der Waals surface area contributed by atoms with E-state index in [1.165, 1.54) is 18.3 Å². The Morgan fingerprint density at radius 2 is 1.73 bits per heavy atom. The van der Waals surface area contributed by atoms with E-state index in [1.54, 1.807) is 32.9 Å². The molecule has 1 unspecified atom stereocenters. The second-order valence-electron chi connectivity index (χ2n) is 12.5. The summed E-state index contributed by atoms with van der Waals surface area (Å²) in [7, 11) is -5.81. The minimum Gasteiger partial charge on any atom is -0.459 e. The van der Waals surface area contributed by atoms with Crippen LogP contribution in [0.2, 0.25) is 0 Å². The normalized spacial score (nSPS) is 13.9. The third-order valence-corrected chi connectivity index (χ3v) is 9.48. The first-order valence-electron chi connectivity index (χ1n) is 13.7. The number of aromatic nitrogens is 4. The molecule has 0 bridgehead atoms. The van der Waals surface area contributed by atoms with Gasteiger partial charge < -0.3 is 10.1 Å². The minimum absolute atomic E-state index is 0.00698. The van der Waals surface area contributed by atoms with Gasteiger partial charge in [0.25, 0.3) is 10.0 Å². The Balaban J connectivity index is 1.72. The van der Waals surface area contributed by atoms with Crippen molar-refractivity contribution in [2.45, 2.75) is 65.0 Å². The van der Waals surface area contributed by atoms with Crippen molar-refractivity contribution in [1.82, 2.24) is 18.9 Å². The molecule has 0 saturated heterocycles. The molecule has 0 radical (unpaired) electrons. The van der Waals surface area contributed by atoms with Crippen LogP contribution in [0.1, 0.15) is 47.1 Å². The highest BCUT2D eigenvalue weighted by Gasteiger charge is 2.30. The molecule has 0 fully saturated rings. The molecule has 236 valence electrons. The molecule has 0 aliphatic carbocycles. The fraction of sp³-hybridized carbons (Fsp3) is 0.400. The molecule has 0 amide bonds. The fourth-order valence-electron chi connectivity index (χ4n) is 4.26. The van der Waals surface area contributed by atoms with Crippen molar-refractivity contribution in [3.8, 4) is 11.4 Å². The summed E-state index contributed by atoms with van der Waals surface area (Å²) < 4.78 is 75.7. The smallest absolute Gasteiger partial charge is 0.319 e. The number of benzene rings is 1. The quantitative estimate of drug-likeness (QED) is 0.242. The lowest BCUT2D eigenvalue weighted by molar-refractivity contribution is -0.151. The van der Waals surface area contributed by atoms with Crippen molar-refractivity contribution in [1.29, 1.82) is 0 Å². The molecule has 44 heavy (non-hydrogen) atoms. The topological polar surface area (TPSA) is 133 Å². The molecule has 4 aromatic rings. The van der Waals surface area contributed by atoms with Crippen molar-refractivity contribution in [2.75, 3.05) is 16.8 Å². The molecule has 0 saturated carbocycles. The number of carbonyl (C=O) groups is 1. The van der Waals surface area contributed by atoms with Crippen molar-refractivity contribution in [3.05, 3.63) is 66.1 Å². The van der Waals surface area contributed by atoms with Gasteiger partial charge in [-0.3, -0.25) is 9.00 Å². The SMILES string of the molecule is Cc1ccc(S(=O)(=O)n2cc(-c3ncc(F)c(N[C@@H](CS(=O)CC(=O)OC(C)(C)C)C(C)(C)C)n3)c3cc(F)cnc32)cc1. The van der Waals surface area contributed by atoms with E-state index >= 15 is 4.39 Å². The van der Waals surface area contributed by atoms with Crippen LogP contribution in [-0.2, 0) is 30.4 Å². The third-order valence-electron chi connectivity index (χ3n) is 6.55. The Bertz CT molecular complexity index is 1830. The second-order valence-corrected chi connectivity index (χ2v) is 15.8. The molecule has 0 aliphatic heterocycles. The number of fused-ring (bicyclic) bond motifs is 1. The molecular formula is C30H35F2N5O5S2. The zero-order chi connectivity index (χ0) is 32.6. The predicted molar refractivity (Wildman–Crippen MR) is 165 cm³/mol. The summed E-state index contributed by atoms with van der Waals surface area (Å²) in [5.41, 5.74) is -0.387. The van der Waals surface area contributed by atoms with E-state index in [4.69, 9.17) is 4.74 Å². The number of halogens is 2. The second kappa shape index (κ2) is 12.3. The molecule has 14 heteroatoms. The van der Waals surface area contributed by atoms with Crippen LogP contribution in [0.25, 0.3) is 22.4 Å². The van der Waals surface area contributed by atoms with Crippen molar-refractivity contribution in [3.63, 3.8) is 0 Å². The van der Waals surface area contributed by atoms with E-state index in [2.05, 4.69) is 20.3 Å². The fourth-order valence-corrected chi connectivity index (χ4v) is 6.98. The van der Waals surface area contributed by atoms with E-state index in [0.717, 1.165) is 28.0 Å². The molecule has 3 aromatic heterocycles. The van der Waals surface area contributed by atoms with Crippen LogP contribution in [0.5, 0.6) is 0 Å². The highest BCUT2D eigenvalue weighted by atomic mass is 32.2. The number of nitrogens with one attached hydrogen (secondary N) is 1. The Hall–Kier alpha value is -3.78. The predicted octanol–water partition coefficient (Wildman–Crippen LogP) is 5.23. The zero-order valence-corrected chi connectivity index (χ0v) is 27.1. The molecule has 10 nitrogen and oxygen atoms in total. The summed E-state index contributed by atoms with van der Waals surface area (Å²) in [4.78, 5) is 24.6. The van der Waals surface area contributed by atoms with Gasteiger partial charge in [0.1, 0.15) is 17.2 Å². The van der Waals surface area contributed by atoms with Crippen LogP contribution in [0.4, 0.5) is 14.6 Å². The summed E-state index contributed by atoms with van der Waals surface area (Å²) >= 11 is 0. The highest BCUT2D eigenvalue weighted by Crippen LogP contribution is 2.32. The maximum atomic E-state index is 15.1. The van der Waals surface area contributed by atoms with Gasteiger partial charge in [0, 0.05) is 39.7 Å². The van der Waals surface area contributed by atoms with Gasteiger partial charge in [-0.25, -0.2) is 36.1 Å². The van der Waals surface area contributed by atoms with Crippen molar-refractivity contribution >= 4 is 43.6 Å². The van der Waals surface area contributed by atoms with Crippen LogP contribution < -0.4 is 5.32 Å². The minimum atomic E-state index is -4.16. The van der Waals surface area contributed by atoms with E-state index in [0.29, 0.717) is 0 Å². The van der Waals surface area contributed by atoms with Crippen LogP contribution in [-0.4, -0.2) is 60.7 Å². The summed E-state index contributed by atoms with van der Waals surface area (Å²) in [6.45, 7) is 12.5. The number of carbonyl (C=O) groups excluding carboxylic acids is 1. The zero-order valence-electron chi connectivity index (χ0n) is 25.5. The monoisotopic (exact) mass is 647 g/mol. The first-order chi connectivity index (χ1) is 20.3. The highest BCUT2D eigenvalue weighted by molar-refractivity contribution is 7.90. The Morgan fingerprint density at radius 3 is 2.34 bits per heavy atom. The lowest BCUT2D eigenvalue weighted by Gasteiger charge is -2.31. The number of hydrogen-bond acceptors (Lipinski definition) is 9. The molecule has 4 rings (SSSR count). The van der Waals surface area contributed by atoms with Crippen LogP contribution in [0.3, 0.4) is 0 Å². The summed E-state index contributed by atoms with van der Waals surface area (Å²) in [6, 6.07) is 6.70. The third kappa shape index (κ3) is 7.65. The van der Waals surface area contributed by atoms with Gasteiger partial charge in [0.15, 0.2) is 23.1 Å². The average Bonchev–Trinajstić information content (AvgIpc) is 3.27. The van der Waals surface area contributed by atoms with Crippen molar-refractivity contribution in [2.24, 2.45) is 5.41 Å². The Kier molecular flexibility index (Phi) is 9.27. The summed E-state index contributed by atoms with van der Waals surface area (Å²) in [5.74, 6) is -2.84. The first-order valence-corrected chi connectivity index (χ1v) is 16.6. The number of hydrogen-bond donors (Lipinski definition) is 1. The molecule has 1 aromatic carbocycles. The standard InChI is InChI=1S/C30H35F2N5O5S2/c1-18-8-10-20(11-9-18)44(40,41)37-15-22(21-12-19(31)13-34-28(21)37)26-33-14-23(32)27(36-26)35-24(29(2,3)4)16-43(39)17-25(38)42-30(5,6)7/h8-15,24H,16-17H2,1-7H3,(H,33,35,36)/t24-,43?/m0/s1. The van der Waals surface area contributed by atoms with E-state index in [-0.39, 0.29) is 44.6 Å². The number of esters is 1. The van der Waals surface area contributed by atoms with Gasteiger partial charge in [-0.1, -0.05) is 38.5 Å². The molecule has 0 spiro atoms. The number of pyridine rings is 1. The van der Waals surface area contributed by atoms with Crippen molar-refractivity contribution < 1.29 is 30.9 Å². The molecule has 2 atom stereocenters. The molecule has 1 N–H and O–H groups in total. The van der Waals surface area contributed by atoms with Gasteiger partial charge in [-0.05, 0) is 51.3 Å². The number of anilines is 1. The number of aryl methyl sites for hydroxylation is 1. The summed E-state index contributed by atoms with van der Waals surface area (Å²) in [6.07, 6.45) is 3.03. The number of rotatable bonds is 9. The number of nitrogens with zero attached hydrogens (tertiary/aromatic N) is 4. The number of ether oxygens (including phenoxy) is 1. The van der Waals surface area contributed by atoms with Crippen LogP contribution in [0.15, 0.2) is 53.8 Å². The first kappa shape index (κ1) is 33.1. The van der Waals surface area contributed by atoms with Gasteiger partial charge in [-0.2, -0.15) is 0 Å². The molecular weight excluding hydrogens is 612 g/mol. The van der Waals surface area contributed by atoms with Gasteiger partial charge >= 0.3 is 5.97 Å². The maximum Gasteiger partial charge on any atom is 0.319 e. The van der Waals surface area contributed by atoms with Gasteiger partial charge in [0.05, 0.1) is 17.3 Å². The van der Waals surface area contributed by atoms with E-state index < -0.39 is 55.5 Å². The van der Waals surface area contributed by atoms with Gasteiger partial charge in [-0.15, -0.1) is 0 Å². The Morgan fingerprint density at radius 1 is 1.07 bits per heavy atom. The average molecular weight is 648 g/mol. The van der Waals surface area contributed by atoms with Crippen LogP contribution >= 0.6 is 0 Å². The lowest BCUT2D eigenvalue weighted by atomic mass is 9.88. The van der Waals surface area contributed by atoms with Crippen LogP contribution in [0, 0.1) is 24.0 Å². The summed E-state index contributed by atoms with van der Waals surface area (Å²) in [5, 5.41) is 3.09. The maximum absolute atomic E-state index is 15.1. The largest absolute Gasteiger partial charge is 0.459 e. The lowest BCUT2D eigenvalue weighted by Crippen LogP contribution is -2.40. The van der Waals surface area contributed by atoms with Gasteiger partial charge in [0.2, 0.25) is 0 Å².